The third-order valence-electron chi connectivity index (χ3n) is 2.50. The van der Waals surface area contributed by atoms with Gasteiger partial charge in [-0.05, 0) is 6.92 Å². The van der Waals surface area contributed by atoms with E-state index in [1.54, 1.807) is 11.6 Å². The van der Waals surface area contributed by atoms with Crippen molar-refractivity contribution in [3.63, 3.8) is 0 Å². The number of nitrogens with zero attached hydrogens (tertiary/aromatic N) is 1. The first-order valence-electron chi connectivity index (χ1n) is 5.78. The van der Waals surface area contributed by atoms with E-state index in [4.69, 9.17) is 0 Å². The summed E-state index contributed by atoms with van der Waals surface area (Å²) in [6, 6.07) is 0. The van der Waals surface area contributed by atoms with Crippen LogP contribution in [0.25, 0.3) is 0 Å². The van der Waals surface area contributed by atoms with Crippen molar-refractivity contribution in [1.29, 1.82) is 0 Å². The van der Waals surface area contributed by atoms with E-state index in [0.717, 1.165) is 5.01 Å². The lowest BCUT2D eigenvalue weighted by molar-refractivity contribution is 0.0949. The van der Waals surface area contributed by atoms with Crippen molar-refractivity contribution < 1.29 is 9.00 Å². The standard InChI is InChI=1S/C12H20N2O2S2/c1-8(18(5)16)6-13-10(15)9-7-17-11(14-9)12(2,3)4/h7-8H,6H2,1-5H3,(H,13,15)/t8-,18-/m0/s1. The van der Waals surface area contributed by atoms with E-state index < -0.39 is 10.8 Å². The lowest BCUT2D eigenvalue weighted by atomic mass is 9.98. The van der Waals surface area contributed by atoms with Gasteiger partial charge in [0.15, 0.2) is 0 Å². The molecule has 0 spiro atoms. The number of amides is 1. The highest BCUT2D eigenvalue weighted by molar-refractivity contribution is 7.84. The summed E-state index contributed by atoms with van der Waals surface area (Å²) in [6.07, 6.45) is 1.64. The van der Waals surface area contributed by atoms with Gasteiger partial charge < -0.3 is 5.32 Å². The first kappa shape index (κ1) is 15.3. The monoisotopic (exact) mass is 288 g/mol. The molecule has 0 saturated heterocycles. The second-order valence-electron chi connectivity index (χ2n) is 5.31. The largest absolute Gasteiger partial charge is 0.349 e. The molecular formula is C12H20N2O2S2. The molecule has 4 nitrogen and oxygen atoms in total. The number of carbonyl (C=O) groups is 1. The van der Waals surface area contributed by atoms with Gasteiger partial charge in [-0.2, -0.15) is 0 Å². The van der Waals surface area contributed by atoms with E-state index in [2.05, 4.69) is 31.1 Å². The maximum Gasteiger partial charge on any atom is 0.270 e. The van der Waals surface area contributed by atoms with E-state index in [-0.39, 0.29) is 16.6 Å². The third-order valence-corrected chi connectivity index (χ3v) is 5.06. The minimum absolute atomic E-state index is 0.0403. The van der Waals surface area contributed by atoms with Crippen molar-refractivity contribution in [3.05, 3.63) is 16.1 Å². The number of aromatic nitrogens is 1. The van der Waals surface area contributed by atoms with Crippen LogP contribution >= 0.6 is 11.3 Å². The second kappa shape index (κ2) is 5.93. The summed E-state index contributed by atoms with van der Waals surface area (Å²) in [5, 5.41) is 5.42. The van der Waals surface area contributed by atoms with Crippen molar-refractivity contribution in [3.8, 4) is 0 Å². The fourth-order valence-electron chi connectivity index (χ4n) is 1.17. The molecule has 2 atom stereocenters. The molecule has 1 rings (SSSR count). The van der Waals surface area contributed by atoms with Gasteiger partial charge in [0.1, 0.15) is 5.69 Å². The molecule has 0 unspecified atom stereocenters. The molecule has 0 radical (unpaired) electrons. The maximum atomic E-state index is 11.8. The highest BCUT2D eigenvalue weighted by atomic mass is 32.2. The molecule has 0 saturated carbocycles. The van der Waals surface area contributed by atoms with Gasteiger partial charge in [-0.25, -0.2) is 4.98 Å². The number of hydrogen-bond acceptors (Lipinski definition) is 4. The lowest BCUT2D eigenvalue weighted by Crippen LogP contribution is -2.32. The van der Waals surface area contributed by atoms with Crippen LogP contribution in [0.15, 0.2) is 5.38 Å². The van der Waals surface area contributed by atoms with Gasteiger partial charge in [0, 0.05) is 39.6 Å². The quantitative estimate of drug-likeness (QED) is 0.921. The van der Waals surface area contributed by atoms with Crippen LogP contribution in [0.3, 0.4) is 0 Å². The third kappa shape index (κ3) is 4.17. The van der Waals surface area contributed by atoms with Gasteiger partial charge in [-0.3, -0.25) is 9.00 Å². The Morgan fingerprint density at radius 3 is 2.61 bits per heavy atom. The Morgan fingerprint density at radius 2 is 2.17 bits per heavy atom. The Kier molecular flexibility index (Phi) is 5.04. The van der Waals surface area contributed by atoms with E-state index in [0.29, 0.717) is 12.2 Å². The zero-order valence-corrected chi connectivity index (χ0v) is 13.1. The molecule has 18 heavy (non-hydrogen) atoms. The van der Waals surface area contributed by atoms with Crippen LogP contribution in [0.2, 0.25) is 0 Å². The van der Waals surface area contributed by atoms with Gasteiger partial charge in [-0.15, -0.1) is 11.3 Å². The highest BCUT2D eigenvalue weighted by Crippen LogP contribution is 2.25. The van der Waals surface area contributed by atoms with Crippen molar-refractivity contribution in [2.45, 2.75) is 38.4 Å². The lowest BCUT2D eigenvalue weighted by Gasteiger charge is -2.13. The van der Waals surface area contributed by atoms with Crippen LogP contribution < -0.4 is 5.32 Å². The fraction of sp³-hybridized carbons (Fsp3) is 0.667. The van der Waals surface area contributed by atoms with Crippen LogP contribution in [-0.2, 0) is 16.2 Å². The summed E-state index contributed by atoms with van der Waals surface area (Å²) in [5.41, 5.74) is 0.403. The summed E-state index contributed by atoms with van der Waals surface area (Å²) < 4.78 is 11.2. The average Bonchev–Trinajstić information content (AvgIpc) is 2.73. The molecule has 6 heteroatoms. The summed E-state index contributed by atoms with van der Waals surface area (Å²) in [6.45, 7) is 8.45. The predicted molar refractivity (Wildman–Crippen MR) is 76.7 cm³/mol. The average molecular weight is 288 g/mol. The summed E-state index contributed by atoms with van der Waals surface area (Å²) in [4.78, 5) is 16.2. The van der Waals surface area contributed by atoms with E-state index >= 15 is 0 Å². The van der Waals surface area contributed by atoms with Crippen LogP contribution in [-0.4, -0.2) is 33.2 Å². The molecule has 0 fully saturated rings. The smallest absolute Gasteiger partial charge is 0.270 e. The Bertz CT molecular complexity index is 449. The first-order valence-corrected chi connectivity index (χ1v) is 8.28. The van der Waals surface area contributed by atoms with Crippen molar-refractivity contribution in [1.82, 2.24) is 10.3 Å². The molecule has 1 aromatic rings. The number of thiazole rings is 1. The summed E-state index contributed by atoms with van der Waals surface area (Å²) in [7, 11) is -0.925. The van der Waals surface area contributed by atoms with Gasteiger partial charge in [-0.1, -0.05) is 20.8 Å². The molecule has 1 N–H and O–H groups in total. The minimum atomic E-state index is -0.925. The maximum absolute atomic E-state index is 11.8. The Balaban J connectivity index is 2.63. The Morgan fingerprint density at radius 1 is 1.56 bits per heavy atom. The zero-order valence-electron chi connectivity index (χ0n) is 11.4. The number of carbonyl (C=O) groups excluding carboxylic acids is 1. The molecule has 0 aliphatic rings. The number of hydrogen-bond donors (Lipinski definition) is 1. The second-order valence-corrected chi connectivity index (χ2v) is 7.97. The van der Waals surface area contributed by atoms with Crippen molar-refractivity contribution in [2.24, 2.45) is 0 Å². The normalized spacial score (nSPS) is 15.2. The van der Waals surface area contributed by atoms with Crippen LogP contribution in [0.5, 0.6) is 0 Å². The molecule has 0 aliphatic heterocycles. The first-order chi connectivity index (χ1) is 8.21. The number of rotatable bonds is 4. The molecule has 0 aromatic carbocycles. The fourth-order valence-corrected chi connectivity index (χ4v) is 2.37. The van der Waals surface area contributed by atoms with Gasteiger partial charge >= 0.3 is 0 Å². The summed E-state index contributed by atoms with van der Waals surface area (Å²) in [5.74, 6) is -0.195. The highest BCUT2D eigenvalue weighted by Gasteiger charge is 2.20. The Hall–Kier alpha value is -0.750. The predicted octanol–water partition coefficient (Wildman–Crippen LogP) is 1.94. The molecule has 102 valence electrons. The van der Waals surface area contributed by atoms with Crippen molar-refractivity contribution in [2.75, 3.05) is 12.8 Å². The molecule has 0 aliphatic carbocycles. The Labute approximate surface area is 115 Å². The molecule has 0 bridgehead atoms. The molecule has 1 amide bonds. The van der Waals surface area contributed by atoms with E-state index in [1.807, 2.05) is 6.92 Å². The zero-order chi connectivity index (χ0) is 13.9. The minimum Gasteiger partial charge on any atom is -0.349 e. The van der Waals surface area contributed by atoms with Gasteiger partial charge in [0.2, 0.25) is 0 Å². The molecular weight excluding hydrogens is 268 g/mol. The topological polar surface area (TPSA) is 59.1 Å². The van der Waals surface area contributed by atoms with Crippen LogP contribution in [0.4, 0.5) is 0 Å². The van der Waals surface area contributed by atoms with Crippen molar-refractivity contribution >= 4 is 28.0 Å². The van der Waals surface area contributed by atoms with E-state index in [9.17, 15) is 9.00 Å². The van der Waals surface area contributed by atoms with Gasteiger partial charge in [0.25, 0.3) is 5.91 Å². The number of nitrogens with one attached hydrogen (secondary N) is 1. The van der Waals surface area contributed by atoms with E-state index in [1.165, 1.54) is 11.3 Å². The molecule has 1 heterocycles. The van der Waals surface area contributed by atoms with Crippen LogP contribution in [0, 0.1) is 0 Å². The summed E-state index contributed by atoms with van der Waals surface area (Å²) >= 11 is 1.49. The SMILES string of the molecule is C[C@@H](CNC(=O)c1csc(C(C)(C)C)n1)[S@](C)=O. The van der Waals surface area contributed by atoms with Crippen LogP contribution in [0.1, 0.15) is 43.2 Å². The van der Waals surface area contributed by atoms with Gasteiger partial charge in [0.05, 0.1) is 5.01 Å². The molecule has 1 aromatic heterocycles.